The van der Waals surface area contributed by atoms with Crippen molar-refractivity contribution in [3.63, 3.8) is 0 Å². The van der Waals surface area contributed by atoms with Gasteiger partial charge in [-0.25, -0.2) is 8.42 Å². The van der Waals surface area contributed by atoms with Crippen molar-refractivity contribution in [1.82, 2.24) is 19.4 Å². The predicted octanol–water partition coefficient (Wildman–Crippen LogP) is 1.85. The van der Waals surface area contributed by atoms with Gasteiger partial charge in [-0.05, 0) is 18.4 Å². The molecule has 1 heterocycles. The average molecular weight is 348 g/mol. The number of sulfonamides is 1. The van der Waals surface area contributed by atoms with Crippen LogP contribution in [0.5, 0.6) is 0 Å². The lowest BCUT2D eigenvalue weighted by Gasteiger charge is -2.19. The molecular weight excluding hydrogens is 324 g/mol. The fraction of sp³-hybridized carbons (Fsp3) is 0.471. The van der Waals surface area contributed by atoms with Gasteiger partial charge in [0.2, 0.25) is 10.0 Å². The van der Waals surface area contributed by atoms with Crippen molar-refractivity contribution in [2.45, 2.75) is 43.8 Å². The van der Waals surface area contributed by atoms with E-state index in [1.165, 1.54) is 23.3 Å². The maximum absolute atomic E-state index is 12.8. The van der Waals surface area contributed by atoms with Crippen LogP contribution in [0.3, 0.4) is 0 Å². The van der Waals surface area contributed by atoms with Crippen LogP contribution in [0.2, 0.25) is 0 Å². The maximum atomic E-state index is 12.8. The van der Waals surface area contributed by atoms with Gasteiger partial charge >= 0.3 is 0 Å². The molecule has 1 aromatic carbocycles. The topological polar surface area (TPSA) is 67.2 Å². The van der Waals surface area contributed by atoms with Crippen LogP contribution in [-0.2, 0) is 23.1 Å². The Morgan fingerprint density at radius 3 is 2.71 bits per heavy atom. The van der Waals surface area contributed by atoms with Gasteiger partial charge in [-0.2, -0.15) is 9.40 Å². The van der Waals surface area contributed by atoms with Crippen LogP contribution >= 0.6 is 0 Å². The van der Waals surface area contributed by atoms with Gasteiger partial charge in [0.1, 0.15) is 4.90 Å². The van der Waals surface area contributed by atoms with Crippen LogP contribution in [0.25, 0.3) is 0 Å². The van der Waals surface area contributed by atoms with E-state index in [1.54, 1.807) is 10.9 Å². The van der Waals surface area contributed by atoms with E-state index in [1.807, 2.05) is 37.3 Å². The van der Waals surface area contributed by atoms with E-state index in [9.17, 15) is 8.42 Å². The molecule has 0 spiro atoms. The molecule has 2 aromatic rings. The van der Waals surface area contributed by atoms with Crippen molar-refractivity contribution in [3.05, 3.63) is 48.3 Å². The zero-order valence-electron chi connectivity index (χ0n) is 13.9. The first kappa shape index (κ1) is 17.1. The summed E-state index contributed by atoms with van der Waals surface area (Å²) in [5.41, 5.74) is 0.976. The normalized spacial score (nSPS) is 15.1. The number of hydrogen-bond donors (Lipinski definition) is 1. The molecule has 0 unspecified atom stereocenters. The van der Waals surface area contributed by atoms with Crippen LogP contribution in [0.15, 0.2) is 47.6 Å². The van der Waals surface area contributed by atoms with E-state index in [4.69, 9.17) is 0 Å². The van der Waals surface area contributed by atoms with Gasteiger partial charge in [0.25, 0.3) is 0 Å². The number of benzene rings is 1. The van der Waals surface area contributed by atoms with Crippen molar-refractivity contribution < 1.29 is 8.42 Å². The smallest absolute Gasteiger partial charge is 0.246 e. The van der Waals surface area contributed by atoms with Gasteiger partial charge in [0.15, 0.2) is 0 Å². The number of nitrogens with one attached hydrogen (secondary N) is 1. The Morgan fingerprint density at radius 2 is 2.04 bits per heavy atom. The van der Waals surface area contributed by atoms with Crippen molar-refractivity contribution in [2.24, 2.45) is 0 Å². The minimum Gasteiger partial charge on any atom is -0.312 e. The lowest BCUT2D eigenvalue weighted by molar-refractivity contribution is 0.423. The van der Waals surface area contributed by atoms with Crippen molar-refractivity contribution in [3.8, 4) is 0 Å². The lowest BCUT2D eigenvalue weighted by atomic mass is 10.2. The highest BCUT2D eigenvalue weighted by Gasteiger charge is 2.25. The molecule has 24 heavy (non-hydrogen) atoms. The molecule has 0 radical (unpaired) electrons. The van der Waals surface area contributed by atoms with Crippen LogP contribution in [0.1, 0.15) is 25.3 Å². The molecule has 1 saturated carbocycles. The third-order valence-electron chi connectivity index (χ3n) is 4.15. The molecule has 0 aliphatic heterocycles. The summed E-state index contributed by atoms with van der Waals surface area (Å²) in [6, 6.07) is 10.3. The summed E-state index contributed by atoms with van der Waals surface area (Å²) < 4.78 is 28.8. The fourth-order valence-electron chi connectivity index (χ4n) is 2.57. The van der Waals surface area contributed by atoms with E-state index in [0.717, 1.165) is 12.1 Å². The molecule has 1 fully saturated rings. The van der Waals surface area contributed by atoms with Crippen LogP contribution in [0.4, 0.5) is 0 Å². The van der Waals surface area contributed by atoms with Gasteiger partial charge in [-0.1, -0.05) is 37.3 Å². The second-order valence-electron chi connectivity index (χ2n) is 6.08. The molecule has 1 aliphatic carbocycles. The molecule has 1 aromatic heterocycles. The minimum atomic E-state index is -3.53. The van der Waals surface area contributed by atoms with Crippen LogP contribution in [0, 0.1) is 0 Å². The quantitative estimate of drug-likeness (QED) is 0.751. The Bertz CT molecular complexity index is 754. The number of rotatable bonds is 9. The molecular formula is C17H24N4O2S. The maximum Gasteiger partial charge on any atom is 0.246 e. The largest absolute Gasteiger partial charge is 0.312 e. The van der Waals surface area contributed by atoms with Gasteiger partial charge in [0.05, 0.1) is 12.7 Å². The Kier molecular flexibility index (Phi) is 5.33. The molecule has 0 amide bonds. The summed E-state index contributed by atoms with van der Waals surface area (Å²) in [6.45, 7) is 4.13. The van der Waals surface area contributed by atoms with Gasteiger partial charge in [-0.3, -0.25) is 4.68 Å². The van der Waals surface area contributed by atoms with Crippen LogP contribution in [-0.4, -0.2) is 41.6 Å². The standard InChI is InChI=1S/C17H24N4O2S/c1-2-21(13-15-6-4-3-5-7-15)24(22,23)17-12-19-20(14-17)11-10-18-16-8-9-16/h3-7,12,14,16,18H,2,8-11,13H2,1H3. The third kappa shape index (κ3) is 4.23. The summed E-state index contributed by atoms with van der Waals surface area (Å²) in [7, 11) is -3.53. The van der Waals surface area contributed by atoms with E-state index < -0.39 is 10.0 Å². The molecule has 3 rings (SSSR count). The molecule has 0 bridgehead atoms. The van der Waals surface area contributed by atoms with E-state index in [2.05, 4.69) is 10.4 Å². The molecule has 1 N–H and O–H groups in total. The highest BCUT2D eigenvalue weighted by molar-refractivity contribution is 7.89. The lowest BCUT2D eigenvalue weighted by Crippen LogP contribution is -2.30. The SMILES string of the molecule is CCN(Cc1ccccc1)S(=O)(=O)c1cnn(CCNC2CC2)c1. The summed E-state index contributed by atoms with van der Waals surface area (Å²) in [5.74, 6) is 0. The third-order valence-corrected chi connectivity index (χ3v) is 6.03. The molecule has 130 valence electrons. The van der Waals surface area contributed by atoms with Crippen molar-refractivity contribution in [1.29, 1.82) is 0 Å². The molecule has 0 atom stereocenters. The van der Waals surface area contributed by atoms with Gasteiger partial charge < -0.3 is 5.32 Å². The highest BCUT2D eigenvalue weighted by atomic mass is 32.2. The summed E-state index contributed by atoms with van der Waals surface area (Å²) in [6.07, 6.45) is 5.55. The minimum absolute atomic E-state index is 0.256. The predicted molar refractivity (Wildman–Crippen MR) is 93.0 cm³/mol. The average Bonchev–Trinajstić information content (AvgIpc) is 3.28. The van der Waals surface area contributed by atoms with Gasteiger partial charge in [0, 0.05) is 31.9 Å². The second kappa shape index (κ2) is 7.46. The first-order valence-electron chi connectivity index (χ1n) is 8.39. The number of aromatic nitrogens is 2. The monoisotopic (exact) mass is 348 g/mol. The molecule has 0 saturated heterocycles. The van der Waals surface area contributed by atoms with E-state index in [0.29, 0.717) is 25.7 Å². The molecule has 6 nitrogen and oxygen atoms in total. The first-order valence-corrected chi connectivity index (χ1v) is 9.83. The highest BCUT2D eigenvalue weighted by Crippen LogP contribution is 2.19. The van der Waals surface area contributed by atoms with Gasteiger partial charge in [-0.15, -0.1) is 0 Å². The molecule has 1 aliphatic rings. The van der Waals surface area contributed by atoms with E-state index >= 15 is 0 Å². The van der Waals surface area contributed by atoms with Crippen LogP contribution < -0.4 is 5.32 Å². The Balaban J connectivity index is 1.67. The summed E-state index contributed by atoms with van der Waals surface area (Å²) in [5, 5.41) is 7.59. The Hall–Kier alpha value is -1.70. The zero-order chi connectivity index (χ0) is 17.0. The van der Waals surface area contributed by atoms with Crippen molar-refractivity contribution in [2.75, 3.05) is 13.1 Å². The number of hydrogen-bond acceptors (Lipinski definition) is 4. The number of nitrogens with zero attached hydrogens (tertiary/aromatic N) is 3. The molecule has 7 heteroatoms. The van der Waals surface area contributed by atoms with Crippen molar-refractivity contribution >= 4 is 10.0 Å². The first-order chi connectivity index (χ1) is 11.6. The zero-order valence-corrected chi connectivity index (χ0v) is 14.7. The summed E-state index contributed by atoms with van der Waals surface area (Å²) in [4.78, 5) is 0.256. The fourth-order valence-corrected chi connectivity index (χ4v) is 3.97. The Morgan fingerprint density at radius 1 is 1.29 bits per heavy atom. The summed E-state index contributed by atoms with van der Waals surface area (Å²) >= 11 is 0. The Labute approximate surface area is 143 Å². The van der Waals surface area contributed by atoms with E-state index in [-0.39, 0.29) is 4.90 Å². The second-order valence-corrected chi connectivity index (χ2v) is 8.02.